The summed E-state index contributed by atoms with van der Waals surface area (Å²) in [4.78, 5) is 57.2. The van der Waals surface area contributed by atoms with E-state index >= 15 is 0 Å². The summed E-state index contributed by atoms with van der Waals surface area (Å²) in [6.45, 7) is 24.5. The number of aromatic nitrogens is 4. The number of ether oxygens (including phenoxy) is 2. The van der Waals surface area contributed by atoms with Crippen molar-refractivity contribution in [1.29, 1.82) is 0 Å². The van der Waals surface area contributed by atoms with Crippen LogP contribution in [0.15, 0.2) is 133 Å². The fraction of sp³-hybridized carbons (Fsp3) is 0.522. The second kappa shape index (κ2) is 27.0. The largest absolute Gasteiger partial charge is 0.454 e. The van der Waals surface area contributed by atoms with Gasteiger partial charge in [-0.1, -0.05) is 124 Å². The number of hydrogen-bond acceptors (Lipinski definition) is 9. The van der Waals surface area contributed by atoms with Crippen LogP contribution in [-0.2, 0) is 33.8 Å². The highest BCUT2D eigenvalue weighted by atomic mass is 32.1. The third-order valence-electron chi connectivity index (χ3n) is 17.8. The molecule has 3 fully saturated rings. The summed E-state index contributed by atoms with van der Waals surface area (Å²) in [7, 11) is 0. The van der Waals surface area contributed by atoms with Gasteiger partial charge < -0.3 is 14.4 Å². The van der Waals surface area contributed by atoms with Crippen molar-refractivity contribution in [3.8, 4) is 11.5 Å². The van der Waals surface area contributed by atoms with E-state index in [4.69, 9.17) is 9.47 Å². The van der Waals surface area contributed by atoms with Gasteiger partial charge in [-0.05, 0) is 157 Å². The average molecular weight is 1100 g/mol. The van der Waals surface area contributed by atoms with Crippen LogP contribution in [0.4, 0.5) is 17.3 Å². The average Bonchev–Trinajstić information content (AvgIpc) is 4.31. The summed E-state index contributed by atoms with van der Waals surface area (Å²) in [5.74, 6) is 5.05. The molecule has 0 bridgehead atoms. The lowest BCUT2D eigenvalue weighted by molar-refractivity contribution is -0.131. The third kappa shape index (κ3) is 14.8. The predicted octanol–water partition coefficient (Wildman–Crippen LogP) is 14.8. The van der Waals surface area contributed by atoms with E-state index in [1.165, 1.54) is 24.1 Å². The predicted molar refractivity (Wildman–Crippen MR) is 324 cm³/mol. The molecule has 0 spiro atoms. The maximum atomic E-state index is 13.8. The number of carbonyl (C=O) groups excluding carboxylic acids is 3. The van der Waals surface area contributed by atoms with Crippen LogP contribution in [0.2, 0.25) is 0 Å². The second-order valence-corrected chi connectivity index (χ2v) is 26.3. The Bertz CT molecular complexity index is 2880. The Labute approximate surface area is 481 Å². The van der Waals surface area contributed by atoms with Crippen LogP contribution in [0.1, 0.15) is 137 Å². The molecule has 80 heavy (non-hydrogen) atoms. The van der Waals surface area contributed by atoms with Crippen molar-refractivity contribution in [2.75, 3.05) is 34.6 Å². The molecule has 3 aliphatic carbocycles. The minimum Gasteiger partial charge on any atom is -0.454 e. The van der Waals surface area contributed by atoms with Crippen LogP contribution in [0, 0.1) is 51.8 Å². The van der Waals surface area contributed by atoms with E-state index in [9.17, 15) is 14.4 Å². The number of amides is 3. The van der Waals surface area contributed by atoms with E-state index in [0.717, 1.165) is 85.8 Å². The van der Waals surface area contributed by atoms with Gasteiger partial charge in [-0.2, -0.15) is 5.10 Å². The van der Waals surface area contributed by atoms with Crippen LogP contribution in [-0.4, -0.2) is 63.4 Å². The van der Waals surface area contributed by atoms with Gasteiger partial charge in [0.15, 0.2) is 11.5 Å². The summed E-state index contributed by atoms with van der Waals surface area (Å²) in [6, 6.07) is 34.0. The molecule has 0 N–H and O–H groups in total. The minimum absolute atomic E-state index is 0.000525. The summed E-state index contributed by atoms with van der Waals surface area (Å²) in [5.41, 5.74) is 2.23. The zero-order chi connectivity index (χ0) is 57.0. The summed E-state index contributed by atoms with van der Waals surface area (Å²) >= 11 is 1.77. The molecule has 6 aromatic rings. The van der Waals surface area contributed by atoms with E-state index < -0.39 is 0 Å². The zero-order valence-electron chi connectivity index (χ0n) is 49.4. The van der Waals surface area contributed by atoms with E-state index in [2.05, 4.69) is 119 Å². The van der Waals surface area contributed by atoms with E-state index in [-0.39, 0.29) is 58.6 Å². The number of nitrogens with zero attached hydrogens (tertiary/aromatic N) is 7. The number of benzene rings is 2. The van der Waals surface area contributed by atoms with Crippen LogP contribution in [0.5, 0.6) is 11.5 Å². The summed E-state index contributed by atoms with van der Waals surface area (Å²) in [6.07, 6.45) is 19.2. The Hall–Kier alpha value is -6.34. The fourth-order valence-electron chi connectivity index (χ4n) is 13.8. The maximum absolute atomic E-state index is 13.8. The van der Waals surface area contributed by atoms with Crippen molar-refractivity contribution in [3.05, 3.63) is 144 Å². The van der Waals surface area contributed by atoms with Crippen molar-refractivity contribution < 1.29 is 23.9 Å². The van der Waals surface area contributed by atoms with Gasteiger partial charge in [0, 0.05) is 78.7 Å². The molecular weight excluding hydrogens is 1010 g/mol. The van der Waals surface area contributed by atoms with Gasteiger partial charge in [-0.3, -0.25) is 28.9 Å². The van der Waals surface area contributed by atoms with E-state index in [1.807, 2.05) is 99.5 Å². The molecule has 428 valence electrons. The van der Waals surface area contributed by atoms with Crippen molar-refractivity contribution in [3.63, 3.8) is 0 Å². The highest BCUT2D eigenvalue weighted by molar-refractivity contribution is 7.09. The normalized spacial score (nSPS) is 22.7. The quantitative estimate of drug-likeness (QED) is 0.0996. The van der Waals surface area contributed by atoms with E-state index in [0.29, 0.717) is 43.3 Å². The maximum Gasteiger partial charge on any atom is 0.232 e. The standard InChI is InChI=1S/C24H30N2O3.C23H31NOS.C20H28N4O/c1-17-7-6-12-24(2,3)22(17)23(27)26(21-8-4-5-13-25-21)14-11-18-9-10-19-20(15-18)29-16-28-19;1-17-10-8-14-23(3,4)21(17)22(25)24(19-11-6-5-7-12-19)18(2)16-20-13-9-15-26-20;1-16-8-6-10-20(2,3)18(16)19(25)24(17-9-4-5-11-21-17)15-14-23-13-7-12-22-23/h4-5,8-10,13,15,17,22H,6-7,11-12,14,16H2,1-3H3;5-7,9,11-13,15,17-18,21H,8,10,14,16H2,1-4H3;4-5,7,9,11-13,16,18H,6,8,10,14-15H2,1-3H3. The Morgan fingerprint density at radius 3 is 1.66 bits per heavy atom. The third-order valence-corrected chi connectivity index (χ3v) is 18.7. The number of hydrogen-bond donors (Lipinski definition) is 0. The van der Waals surface area contributed by atoms with Crippen molar-refractivity contribution in [2.24, 2.45) is 51.8 Å². The smallest absolute Gasteiger partial charge is 0.232 e. The van der Waals surface area contributed by atoms with Crippen LogP contribution < -0.4 is 24.2 Å². The lowest BCUT2D eigenvalue weighted by Gasteiger charge is -2.45. The Morgan fingerprint density at radius 1 is 0.625 bits per heavy atom. The van der Waals surface area contributed by atoms with Gasteiger partial charge in [-0.25, -0.2) is 9.97 Å². The fourth-order valence-corrected chi connectivity index (χ4v) is 14.6. The SMILES string of the molecule is CC1CCCC(C)(C)C1C(=O)N(CCc1ccc2c(c1)OCO2)c1ccccn1.CC1CCCC(C)(C)C1C(=O)N(CCn1cccn1)c1ccccn1.CC1CCCC(C)(C)C1C(=O)N(c1ccccc1)C(C)Cc1cccs1. The van der Waals surface area contributed by atoms with Gasteiger partial charge in [0.25, 0.3) is 0 Å². The van der Waals surface area contributed by atoms with Gasteiger partial charge >= 0.3 is 0 Å². The molecule has 12 nitrogen and oxygen atoms in total. The number of anilines is 3. The molecule has 4 aliphatic rings. The lowest BCUT2D eigenvalue weighted by Crippen LogP contribution is -2.50. The zero-order valence-corrected chi connectivity index (χ0v) is 50.2. The number of rotatable bonds is 15. The Kier molecular flexibility index (Phi) is 20.1. The van der Waals surface area contributed by atoms with Gasteiger partial charge in [-0.15, -0.1) is 11.3 Å². The number of para-hydroxylation sites is 1. The van der Waals surface area contributed by atoms with Gasteiger partial charge in [0.05, 0.1) is 6.54 Å². The van der Waals surface area contributed by atoms with Crippen LogP contribution in [0.25, 0.3) is 0 Å². The van der Waals surface area contributed by atoms with Crippen molar-refractivity contribution in [1.82, 2.24) is 19.7 Å². The first-order valence-corrected chi connectivity index (χ1v) is 30.4. The molecule has 13 heteroatoms. The number of thiophene rings is 1. The first kappa shape index (κ1) is 59.8. The molecule has 5 heterocycles. The van der Waals surface area contributed by atoms with Crippen molar-refractivity contribution in [2.45, 2.75) is 152 Å². The number of pyridine rings is 2. The van der Waals surface area contributed by atoms with Crippen LogP contribution in [0.3, 0.4) is 0 Å². The molecule has 10 rings (SSSR count). The minimum atomic E-state index is 0.000525. The monoisotopic (exact) mass is 1100 g/mol. The highest BCUT2D eigenvalue weighted by Crippen LogP contribution is 2.48. The number of carbonyl (C=O) groups is 3. The molecule has 1 aliphatic heterocycles. The lowest BCUT2D eigenvalue weighted by atomic mass is 9.63. The molecule has 3 saturated carbocycles. The molecule has 0 radical (unpaired) electrons. The van der Waals surface area contributed by atoms with Gasteiger partial charge in [0.2, 0.25) is 24.5 Å². The molecular formula is C67H89N7O5S. The summed E-state index contributed by atoms with van der Waals surface area (Å²) < 4.78 is 12.8. The first-order chi connectivity index (χ1) is 38.3. The highest BCUT2D eigenvalue weighted by Gasteiger charge is 2.46. The first-order valence-electron chi connectivity index (χ1n) is 29.6. The molecule has 3 amide bonds. The Balaban J connectivity index is 0.000000158. The van der Waals surface area contributed by atoms with Crippen molar-refractivity contribution >= 4 is 46.4 Å². The molecule has 7 atom stereocenters. The Morgan fingerprint density at radius 2 is 1.16 bits per heavy atom. The molecule has 2 aromatic carbocycles. The number of fused-ring (bicyclic) bond motifs is 1. The molecule has 0 saturated heterocycles. The topological polar surface area (TPSA) is 123 Å². The second-order valence-electron chi connectivity index (χ2n) is 25.2. The molecule has 7 unspecified atom stereocenters. The summed E-state index contributed by atoms with van der Waals surface area (Å²) in [5, 5.41) is 6.37. The van der Waals surface area contributed by atoms with Crippen LogP contribution >= 0.6 is 11.3 Å². The van der Waals surface area contributed by atoms with Gasteiger partial charge in [0.1, 0.15) is 11.6 Å². The molecule has 4 aromatic heterocycles. The van der Waals surface area contributed by atoms with E-state index in [1.54, 1.807) is 29.9 Å².